The Morgan fingerprint density at radius 2 is 2.08 bits per heavy atom. The summed E-state index contributed by atoms with van der Waals surface area (Å²) in [6.45, 7) is 6.10. The molecule has 0 saturated carbocycles. The summed E-state index contributed by atoms with van der Waals surface area (Å²) in [5, 5.41) is 5.06. The van der Waals surface area contributed by atoms with E-state index >= 15 is 0 Å². The Hall–Kier alpha value is -2.08. The van der Waals surface area contributed by atoms with E-state index in [4.69, 9.17) is 17.0 Å². The lowest BCUT2D eigenvalue weighted by molar-refractivity contribution is -0.153. The molecule has 2 aromatic rings. The van der Waals surface area contributed by atoms with E-state index < -0.39 is 11.8 Å². The van der Waals surface area contributed by atoms with Gasteiger partial charge in [-0.3, -0.25) is 4.90 Å². The number of para-hydroxylation sites is 1. The highest BCUT2D eigenvalue weighted by atomic mass is 32.1. The maximum absolute atomic E-state index is 12.6. The van der Waals surface area contributed by atoms with Gasteiger partial charge in [0.25, 0.3) is 0 Å². The van der Waals surface area contributed by atoms with Gasteiger partial charge in [-0.2, -0.15) is 0 Å². The third kappa shape index (κ3) is 2.28. The number of nitrogens with one attached hydrogen (secondary N) is 2. The number of benzene rings is 1. The summed E-state index contributed by atoms with van der Waals surface area (Å²) in [5.41, 5.74) is 1.30. The van der Waals surface area contributed by atoms with Crippen LogP contribution in [0.3, 0.4) is 0 Å². The molecule has 0 radical (unpaired) electrons. The first kappa shape index (κ1) is 15.4. The van der Waals surface area contributed by atoms with Crippen molar-refractivity contribution in [3.63, 3.8) is 0 Å². The van der Waals surface area contributed by atoms with Crippen LogP contribution in [0.5, 0.6) is 0 Å². The van der Waals surface area contributed by atoms with Gasteiger partial charge in [-0.15, -0.1) is 0 Å². The molecule has 0 aliphatic carbocycles. The summed E-state index contributed by atoms with van der Waals surface area (Å²) >= 11 is 5.56. The van der Waals surface area contributed by atoms with E-state index in [1.807, 2.05) is 36.2 Å². The van der Waals surface area contributed by atoms with Crippen LogP contribution < -0.4 is 5.32 Å². The van der Waals surface area contributed by atoms with Gasteiger partial charge in [0.2, 0.25) is 0 Å². The van der Waals surface area contributed by atoms with Gasteiger partial charge in [-0.1, -0.05) is 18.2 Å². The molecule has 0 unspecified atom stereocenters. The summed E-state index contributed by atoms with van der Waals surface area (Å²) in [4.78, 5) is 17.8. The first-order chi connectivity index (χ1) is 11.3. The number of thiocarbonyl (C=S) groups is 1. The van der Waals surface area contributed by atoms with E-state index in [1.54, 1.807) is 0 Å². The van der Waals surface area contributed by atoms with Crippen LogP contribution in [0.25, 0.3) is 10.9 Å². The van der Waals surface area contributed by atoms with E-state index in [1.165, 1.54) is 0 Å². The second-order valence-corrected chi connectivity index (χ2v) is 7.92. The molecule has 5 nitrogen and oxygen atoms in total. The second kappa shape index (κ2) is 4.96. The average molecular weight is 343 g/mol. The van der Waals surface area contributed by atoms with Gasteiger partial charge in [0.1, 0.15) is 6.04 Å². The van der Waals surface area contributed by atoms with Gasteiger partial charge in [-0.05, 0) is 44.6 Å². The molecular weight excluding hydrogens is 322 g/mol. The van der Waals surface area contributed by atoms with Crippen LogP contribution in [0.1, 0.15) is 32.8 Å². The fourth-order valence-corrected chi connectivity index (χ4v) is 4.74. The third-order valence-corrected chi connectivity index (χ3v) is 5.23. The molecule has 2 atom stereocenters. The number of ether oxygens (including phenoxy) is 1. The lowest BCUT2D eigenvalue weighted by Crippen LogP contribution is -2.66. The number of hydrogen-bond donors (Lipinski definition) is 2. The minimum absolute atomic E-state index is 0.196. The molecule has 0 bridgehead atoms. The number of carbonyl (C=O) groups is 1. The molecule has 2 fully saturated rings. The molecule has 3 heterocycles. The van der Waals surface area contributed by atoms with E-state index in [0.717, 1.165) is 16.5 Å². The van der Waals surface area contributed by atoms with Crippen molar-refractivity contribution in [2.45, 2.75) is 50.9 Å². The van der Waals surface area contributed by atoms with Gasteiger partial charge in [0.05, 0.1) is 0 Å². The number of aromatic amines is 1. The number of nitrogens with zero attached hydrogens (tertiary/aromatic N) is 1. The number of rotatable bonds is 2. The SMILES string of the molecule is CC1(C)C[C@]2(C)OC(=O)[C@H](Cc3c[nH]c4ccccc34)N2C(=S)N1. The van der Waals surface area contributed by atoms with Crippen molar-refractivity contribution in [2.75, 3.05) is 0 Å². The van der Waals surface area contributed by atoms with Crippen molar-refractivity contribution in [3.05, 3.63) is 36.0 Å². The summed E-state index contributed by atoms with van der Waals surface area (Å²) in [6.07, 6.45) is 3.23. The highest BCUT2D eigenvalue weighted by Crippen LogP contribution is 2.40. The molecule has 1 aromatic carbocycles. The molecular formula is C18H21N3O2S. The Balaban J connectivity index is 1.69. The molecule has 24 heavy (non-hydrogen) atoms. The van der Waals surface area contributed by atoms with Crippen LogP contribution in [0, 0.1) is 0 Å². The molecule has 2 aliphatic heterocycles. The van der Waals surface area contributed by atoms with Crippen LogP contribution in [-0.4, -0.2) is 38.3 Å². The Morgan fingerprint density at radius 1 is 1.33 bits per heavy atom. The van der Waals surface area contributed by atoms with Gasteiger partial charge in [0, 0.05) is 35.5 Å². The number of aromatic nitrogens is 1. The number of H-pyrrole nitrogens is 1. The van der Waals surface area contributed by atoms with Crippen LogP contribution in [0.15, 0.2) is 30.5 Å². The highest BCUT2D eigenvalue weighted by molar-refractivity contribution is 7.80. The molecule has 126 valence electrons. The lowest BCUT2D eigenvalue weighted by atomic mass is 9.89. The zero-order valence-corrected chi connectivity index (χ0v) is 14.9. The van der Waals surface area contributed by atoms with E-state index in [9.17, 15) is 4.79 Å². The summed E-state index contributed by atoms with van der Waals surface area (Å²) in [5.74, 6) is -0.204. The topological polar surface area (TPSA) is 57.4 Å². The second-order valence-electron chi connectivity index (χ2n) is 7.54. The summed E-state index contributed by atoms with van der Waals surface area (Å²) in [7, 11) is 0. The van der Waals surface area contributed by atoms with Crippen LogP contribution in [-0.2, 0) is 16.0 Å². The molecule has 2 aliphatic rings. The predicted octanol–water partition coefficient (Wildman–Crippen LogP) is 2.71. The zero-order valence-electron chi connectivity index (χ0n) is 14.1. The van der Waals surface area contributed by atoms with Crippen LogP contribution in [0.2, 0.25) is 0 Å². The standard InChI is InChI=1S/C18H21N3O2S/c1-17(2)10-18(3)21(16(24)20-17)14(15(22)23-18)8-11-9-19-13-7-5-4-6-12(11)13/h4-7,9,14,19H,8,10H2,1-3H3,(H,20,24)/t14-,18-/m0/s1. The Kier molecular flexibility index (Phi) is 3.19. The summed E-state index contributed by atoms with van der Waals surface area (Å²) in [6, 6.07) is 7.70. The molecule has 2 N–H and O–H groups in total. The average Bonchev–Trinajstić information content (AvgIpc) is 2.97. The monoisotopic (exact) mass is 343 g/mol. The van der Waals surface area contributed by atoms with Gasteiger partial charge in [-0.25, -0.2) is 4.79 Å². The first-order valence-corrected chi connectivity index (χ1v) is 8.59. The van der Waals surface area contributed by atoms with E-state index in [2.05, 4.69) is 30.2 Å². The van der Waals surface area contributed by atoms with Crippen LogP contribution >= 0.6 is 12.2 Å². The van der Waals surface area contributed by atoms with Gasteiger partial charge < -0.3 is 15.0 Å². The Labute approximate surface area is 146 Å². The van der Waals surface area contributed by atoms with Crippen molar-refractivity contribution in [2.24, 2.45) is 0 Å². The fourth-order valence-electron chi connectivity index (χ4n) is 4.14. The minimum Gasteiger partial charge on any atom is -0.437 e. The predicted molar refractivity (Wildman–Crippen MR) is 96.6 cm³/mol. The molecule has 2 saturated heterocycles. The minimum atomic E-state index is -0.681. The molecule has 1 aromatic heterocycles. The van der Waals surface area contributed by atoms with Gasteiger partial charge >= 0.3 is 5.97 Å². The number of esters is 1. The third-order valence-electron chi connectivity index (χ3n) is 4.94. The Morgan fingerprint density at radius 3 is 2.88 bits per heavy atom. The Bertz CT molecular complexity index is 844. The summed E-state index contributed by atoms with van der Waals surface area (Å²) < 4.78 is 5.78. The smallest absolute Gasteiger partial charge is 0.331 e. The number of carbonyl (C=O) groups excluding carboxylic acids is 1. The number of fused-ring (bicyclic) bond motifs is 2. The quantitative estimate of drug-likeness (QED) is 0.649. The fraction of sp³-hybridized carbons (Fsp3) is 0.444. The van der Waals surface area contributed by atoms with Crippen molar-refractivity contribution in [1.82, 2.24) is 15.2 Å². The van der Waals surface area contributed by atoms with Crippen LogP contribution in [0.4, 0.5) is 0 Å². The largest absolute Gasteiger partial charge is 0.437 e. The van der Waals surface area contributed by atoms with Crippen molar-refractivity contribution in [3.8, 4) is 0 Å². The lowest BCUT2D eigenvalue weighted by Gasteiger charge is -2.48. The van der Waals surface area contributed by atoms with E-state index in [0.29, 0.717) is 18.0 Å². The van der Waals surface area contributed by atoms with E-state index in [-0.39, 0.29) is 11.5 Å². The number of hydrogen-bond acceptors (Lipinski definition) is 3. The zero-order chi connectivity index (χ0) is 17.1. The maximum atomic E-state index is 12.6. The van der Waals surface area contributed by atoms with Gasteiger partial charge in [0.15, 0.2) is 10.8 Å². The molecule has 0 amide bonds. The first-order valence-electron chi connectivity index (χ1n) is 8.18. The maximum Gasteiger partial charge on any atom is 0.331 e. The normalized spacial score (nSPS) is 28.6. The molecule has 6 heteroatoms. The molecule has 4 rings (SSSR count). The van der Waals surface area contributed by atoms with Crippen molar-refractivity contribution >= 4 is 34.2 Å². The van der Waals surface area contributed by atoms with Crippen molar-refractivity contribution < 1.29 is 9.53 Å². The molecule has 0 spiro atoms. The highest BCUT2D eigenvalue weighted by Gasteiger charge is 2.56. The van der Waals surface area contributed by atoms with Crippen molar-refractivity contribution in [1.29, 1.82) is 0 Å².